The van der Waals surface area contributed by atoms with E-state index in [-0.39, 0.29) is 18.2 Å². The number of thiocarbonyl (C=S) groups is 1. The summed E-state index contributed by atoms with van der Waals surface area (Å²) in [4.78, 5) is 25.0. The highest BCUT2D eigenvalue weighted by atomic mass is 32.2. The van der Waals surface area contributed by atoms with Crippen molar-refractivity contribution in [1.29, 1.82) is 0 Å². The monoisotopic (exact) mass is 426 g/mol. The number of thioether (sulfide) groups is 1. The van der Waals surface area contributed by atoms with E-state index in [1.165, 1.54) is 30.2 Å². The number of carbonyl (C=O) groups is 1. The SMILES string of the molecule is C#CCOc1ccc(/C=C2/SC(=S)N(c3cccc([N+](=O)[O-])c3)C2=O)cc1OC. The average Bonchev–Trinajstić information content (AvgIpc) is 2.99. The topological polar surface area (TPSA) is 81.9 Å². The van der Waals surface area contributed by atoms with E-state index in [1.807, 2.05) is 0 Å². The molecule has 1 fully saturated rings. The Labute approximate surface area is 176 Å². The van der Waals surface area contributed by atoms with Crippen molar-refractivity contribution < 1.29 is 19.2 Å². The van der Waals surface area contributed by atoms with Gasteiger partial charge in [0.2, 0.25) is 0 Å². The molecule has 9 heteroatoms. The number of anilines is 1. The van der Waals surface area contributed by atoms with Gasteiger partial charge >= 0.3 is 0 Å². The molecule has 2 aromatic rings. The Balaban J connectivity index is 1.89. The summed E-state index contributed by atoms with van der Waals surface area (Å²) >= 11 is 6.43. The van der Waals surface area contributed by atoms with Crippen LogP contribution in [0.4, 0.5) is 11.4 Å². The highest BCUT2D eigenvalue weighted by molar-refractivity contribution is 8.27. The first-order valence-corrected chi connectivity index (χ1v) is 9.43. The van der Waals surface area contributed by atoms with Crippen molar-refractivity contribution in [2.45, 2.75) is 0 Å². The number of non-ortho nitro benzene ring substituents is 1. The molecule has 29 heavy (non-hydrogen) atoms. The fourth-order valence-electron chi connectivity index (χ4n) is 2.60. The van der Waals surface area contributed by atoms with Crippen LogP contribution in [0.1, 0.15) is 5.56 Å². The fraction of sp³-hybridized carbons (Fsp3) is 0.100. The molecule has 0 N–H and O–H groups in total. The lowest BCUT2D eigenvalue weighted by Gasteiger charge is -2.14. The average molecular weight is 426 g/mol. The van der Waals surface area contributed by atoms with Crippen molar-refractivity contribution in [3.8, 4) is 23.8 Å². The Morgan fingerprint density at radius 3 is 2.79 bits per heavy atom. The van der Waals surface area contributed by atoms with Gasteiger partial charge in [0.1, 0.15) is 6.61 Å². The molecule has 1 amide bonds. The van der Waals surface area contributed by atoms with Gasteiger partial charge in [0.25, 0.3) is 11.6 Å². The van der Waals surface area contributed by atoms with E-state index < -0.39 is 4.92 Å². The quantitative estimate of drug-likeness (QED) is 0.227. The summed E-state index contributed by atoms with van der Waals surface area (Å²) in [6.07, 6.45) is 6.87. The number of hydrogen-bond donors (Lipinski definition) is 0. The zero-order valence-corrected chi connectivity index (χ0v) is 16.8. The van der Waals surface area contributed by atoms with E-state index in [4.69, 9.17) is 28.1 Å². The second-order valence-corrected chi connectivity index (χ2v) is 7.37. The number of rotatable bonds is 6. The van der Waals surface area contributed by atoms with Crippen LogP contribution in [0.3, 0.4) is 0 Å². The number of nitro groups is 1. The summed E-state index contributed by atoms with van der Waals surface area (Å²) in [5, 5.41) is 11.0. The van der Waals surface area contributed by atoms with Gasteiger partial charge in [-0.1, -0.05) is 42.0 Å². The van der Waals surface area contributed by atoms with Crippen molar-refractivity contribution in [3.05, 3.63) is 63.0 Å². The number of nitro benzene ring substituents is 1. The molecule has 1 aliphatic heterocycles. The number of ether oxygens (including phenoxy) is 2. The lowest BCUT2D eigenvalue weighted by atomic mass is 10.1. The maximum atomic E-state index is 12.9. The minimum absolute atomic E-state index is 0.109. The highest BCUT2D eigenvalue weighted by Gasteiger charge is 2.34. The molecular formula is C20H14N2O5S2. The third-order valence-electron chi connectivity index (χ3n) is 3.89. The second kappa shape index (κ2) is 8.77. The Morgan fingerprint density at radius 2 is 2.10 bits per heavy atom. The molecule has 7 nitrogen and oxygen atoms in total. The molecular weight excluding hydrogens is 412 g/mol. The predicted octanol–water partition coefficient (Wildman–Crippen LogP) is 4.02. The van der Waals surface area contributed by atoms with Crippen LogP contribution in [-0.2, 0) is 4.79 Å². The number of carbonyl (C=O) groups excluding carboxylic acids is 1. The number of amides is 1. The standard InChI is InChI=1S/C20H14N2O5S2/c1-3-9-27-16-8-7-13(10-17(16)26-2)11-18-19(23)21(20(28)29-18)14-5-4-6-15(12-14)22(24)25/h1,4-8,10-12H,9H2,2H3/b18-11+. The van der Waals surface area contributed by atoms with Gasteiger partial charge in [-0.3, -0.25) is 19.8 Å². The number of benzene rings is 2. The molecule has 1 saturated heterocycles. The normalized spacial score (nSPS) is 14.8. The molecule has 0 unspecified atom stereocenters. The Morgan fingerprint density at radius 1 is 1.31 bits per heavy atom. The van der Waals surface area contributed by atoms with Gasteiger partial charge in [-0.25, -0.2) is 0 Å². The Kier molecular flexibility index (Phi) is 6.16. The maximum absolute atomic E-state index is 12.9. The summed E-state index contributed by atoms with van der Waals surface area (Å²) in [5.74, 6) is 3.00. The molecule has 0 bridgehead atoms. The number of hydrogen-bond acceptors (Lipinski definition) is 7. The smallest absolute Gasteiger partial charge is 0.271 e. The molecule has 146 valence electrons. The number of methoxy groups -OCH3 is 1. The van der Waals surface area contributed by atoms with Gasteiger partial charge in [0.15, 0.2) is 15.8 Å². The van der Waals surface area contributed by atoms with E-state index in [9.17, 15) is 14.9 Å². The van der Waals surface area contributed by atoms with Crippen molar-refractivity contribution in [2.24, 2.45) is 0 Å². The molecule has 3 rings (SSSR count). The van der Waals surface area contributed by atoms with Crippen LogP contribution in [0.5, 0.6) is 11.5 Å². The van der Waals surface area contributed by atoms with Crippen LogP contribution in [0.2, 0.25) is 0 Å². The number of nitrogens with zero attached hydrogens (tertiary/aromatic N) is 2. The van der Waals surface area contributed by atoms with Gasteiger partial charge in [0, 0.05) is 12.1 Å². The summed E-state index contributed by atoms with van der Waals surface area (Å²) in [6.45, 7) is 0.109. The van der Waals surface area contributed by atoms with E-state index in [0.717, 1.165) is 11.8 Å². The zero-order chi connectivity index (χ0) is 21.0. The summed E-state index contributed by atoms with van der Waals surface area (Å²) in [7, 11) is 1.50. The van der Waals surface area contributed by atoms with Gasteiger partial charge in [-0.05, 0) is 29.8 Å². The summed E-state index contributed by atoms with van der Waals surface area (Å²) < 4.78 is 11.0. The molecule has 0 aromatic heterocycles. The van der Waals surface area contributed by atoms with Gasteiger partial charge in [-0.2, -0.15) is 0 Å². The zero-order valence-electron chi connectivity index (χ0n) is 15.2. The Hall–Kier alpha value is -3.35. The fourth-order valence-corrected chi connectivity index (χ4v) is 3.90. The summed E-state index contributed by atoms with van der Waals surface area (Å²) in [6, 6.07) is 10.9. The second-order valence-electron chi connectivity index (χ2n) is 5.70. The van der Waals surface area contributed by atoms with Crippen LogP contribution in [0.15, 0.2) is 47.4 Å². The molecule has 0 radical (unpaired) electrons. The third kappa shape index (κ3) is 4.39. The van der Waals surface area contributed by atoms with Crippen molar-refractivity contribution in [2.75, 3.05) is 18.6 Å². The molecule has 0 spiro atoms. The van der Waals surface area contributed by atoms with Crippen LogP contribution in [0, 0.1) is 22.5 Å². The molecule has 0 saturated carbocycles. The number of terminal acetylenes is 1. The van der Waals surface area contributed by atoms with E-state index >= 15 is 0 Å². The minimum Gasteiger partial charge on any atom is -0.493 e. The third-order valence-corrected chi connectivity index (χ3v) is 5.19. The Bertz CT molecular complexity index is 1070. The first-order valence-electron chi connectivity index (χ1n) is 8.21. The van der Waals surface area contributed by atoms with Crippen LogP contribution < -0.4 is 14.4 Å². The lowest BCUT2D eigenvalue weighted by Crippen LogP contribution is -2.27. The van der Waals surface area contributed by atoms with Gasteiger partial charge in [-0.15, -0.1) is 6.42 Å². The summed E-state index contributed by atoms with van der Waals surface area (Å²) in [5.41, 5.74) is 0.933. The van der Waals surface area contributed by atoms with Crippen molar-refractivity contribution in [3.63, 3.8) is 0 Å². The maximum Gasteiger partial charge on any atom is 0.271 e. The first kappa shape index (κ1) is 20.4. The lowest BCUT2D eigenvalue weighted by molar-refractivity contribution is -0.384. The van der Waals surface area contributed by atoms with E-state index in [0.29, 0.717) is 32.0 Å². The van der Waals surface area contributed by atoms with E-state index in [1.54, 1.807) is 30.3 Å². The van der Waals surface area contributed by atoms with Gasteiger partial charge < -0.3 is 9.47 Å². The highest BCUT2D eigenvalue weighted by Crippen LogP contribution is 2.38. The van der Waals surface area contributed by atoms with Crippen molar-refractivity contribution in [1.82, 2.24) is 0 Å². The molecule has 1 aliphatic rings. The predicted molar refractivity (Wildman–Crippen MR) is 116 cm³/mol. The first-order chi connectivity index (χ1) is 13.9. The molecule has 1 heterocycles. The molecule has 2 aromatic carbocycles. The van der Waals surface area contributed by atoms with Gasteiger partial charge in [0.05, 0.1) is 22.6 Å². The van der Waals surface area contributed by atoms with Crippen LogP contribution in [0.25, 0.3) is 6.08 Å². The van der Waals surface area contributed by atoms with Crippen LogP contribution >= 0.6 is 24.0 Å². The van der Waals surface area contributed by atoms with E-state index in [2.05, 4.69) is 5.92 Å². The van der Waals surface area contributed by atoms with Crippen molar-refractivity contribution >= 4 is 51.7 Å². The molecule has 0 aliphatic carbocycles. The van der Waals surface area contributed by atoms with Crippen LogP contribution in [-0.4, -0.2) is 28.9 Å². The molecule has 0 atom stereocenters. The largest absolute Gasteiger partial charge is 0.493 e. The minimum atomic E-state index is -0.521.